The molecule has 1 aliphatic heterocycles. The van der Waals surface area contributed by atoms with Crippen molar-refractivity contribution in [2.24, 2.45) is 5.73 Å². The largest absolute Gasteiger partial charge is 0.444 e. The van der Waals surface area contributed by atoms with Crippen LogP contribution in [0.25, 0.3) is 0 Å². The van der Waals surface area contributed by atoms with Crippen molar-refractivity contribution in [3.8, 4) is 0 Å². The van der Waals surface area contributed by atoms with Crippen molar-refractivity contribution in [3.05, 3.63) is 35.9 Å². The Kier molecular flexibility index (Phi) is 5.42. The second kappa shape index (κ2) is 7.11. The van der Waals surface area contributed by atoms with Crippen LogP contribution in [-0.2, 0) is 11.3 Å². The van der Waals surface area contributed by atoms with Crippen molar-refractivity contribution in [2.45, 2.75) is 51.4 Å². The molecule has 1 aliphatic rings. The van der Waals surface area contributed by atoms with Crippen LogP contribution in [0.5, 0.6) is 0 Å². The number of benzene rings is 1. The van der Waals surface area contributed by atoms with Crippen molar-refractivity contribution in [1.82, 2.24) is 10.2 Å². The van der Waals surface area contributed by atoms with E-state index in [0.717, 1.165) is 19.5 Å². The maximum Gasteiger partial charge on any atom is 0.407 e. The Balaban J connectivity index is 1.90. The Morgan fingerprint density at radius 2 is 2.05 bits per heavy atom. The molecule has 22 heavy (non-hydrogen) atoms. The summed E-state index contributed by atoms with van der Waals surface area (Å²) in [7, 11) is 0. The van der Waals surface area contributed by atoms with Gasteiger partial charge in [0.25, 0.3) is 0 Å². The fraction of sp³-hybridized carbons (Fsp3) is 0.588. The molecule has 1 aromatic carbocycles. The molecule has 0 saturated carbocycles. The molecule has 5 nitrogen and oxygen atoms in total. The molecule has 0 aliphatic carbocycles. The summed E-state index contributed by atoms with van der Waals surface area (Å²) >= 11 is 0. The van der Waals surface area contributed by atoms with E-state index in [-0.39, 0.29) is 12.1 Å². The van der Waals surface area contributed by atoms with E-state index < -0.39 is 5.60 Å². The summed E-state index contributed by atoms with van der Waals surface area (Å²) in [6.45, 7) is 7.85. The van der Waals surface area contributed by atoms with Gasteiger partial charge in [0, 0.05) is 31.7 Å². The highest BCUT2D eigenvalue weighted by atomic mass is 16.6. The predicted molar refractivity (Wildman–Crippen MR) is 87.5 cm³/mol. The van der Waals surface area contributed by atoms with E-state index in [1.807, 2.05) is 39.0 Å². The third-order valence-corrected chi connectivity index (χ3v) is 3.75. The van der Waals surface area contributed by atoms with E-state index in [0.29, 0.717) is 12.6 Å². The molecule has 2 rings (SSSR count). The first-order valence-corrected chi connectivity index (χ1v) is 7.85. The molecule has 0 aromatic heterocycles. The number of likely N-dealkylation sites (tertiary alicyclic amines) is 1. The lowest BCUT2D eigenvalue weighted by atomic mass is 10.1. The fourth-order valence-corrected chi connectivity index (χ4v) is 2.82. The van der Waals surface area contributed by atoms with E-state index >= 15 is 0 Å². The zero-order valence-corrected chi connectivity index (χ0v) is 13.7. The molecular weight excluding hydrogens is 278 g/mol. The highest BCUT2D eigenvalue weighted by molar-refractivity contribution is 5.68. The van der Waals surface area contributed by atoms with Crippen molar-refractivity contribution in [2.75, 3.05) is 13.1 Å². The van der Waals surface area contributed by atoms with Gasteiger partial charge in [-0.25, -0.2) is 4.79 Å². The molecule has 122 valence electrons. The second-order valence-corrected chi connectivity index (χ2v) is 6.88. The van der Waals surface area contributed by atoms with Crippen molar-refractivity contribution >= 4 is 6.09 Å². The van der Waals surface area contributed by atoms with Crippen molar-refractivity contribution in [1.29, 1.82) is 0 Å². The smallest absolute Gasteiger partial charge is 0.407 e. The van der Waals surface area contributed by atoms with Crippen LogP contribution in [0.2, 0.25) is 0 Å². The number of rotatable bonds is 4. The first-order valence-electron chi connectivity index (χ1n) is 7.85. The van der Waals surface area contributed by atoms with E-state index in [2.05, 4.69) is 22.3 Å². The molecule has 1 heterocycles. The minimum atomic E-state index is -0.473. The number of nitrogens with one attached hydrogen (secondary N) is 1. The molecule has 1 saturated heterocycles. The number of alkyl carbamates (subject to hydrolysis) is 1. The lowest BCUT2D eigenvalue weighted by Gasteiger charge is -2.23. The molecule has 2 unspecified atom stereocenters. The summed E-state index contributed by atoms with van der Waals surface area (Å²) in [5.74, 6) is 0. The summed E-state index contributed by atoms with van der Waals surface area (Å²) in [5.41, 5.74) is 6.68. The number of amides is 1. The van der Waals surface area contributed by atoms with Gasteiger partial charge in [-0.2, -0.15) is 0 Å². The Morgan fingerprint density at radius 1 is 1.36 bits per heavy atom. The van der Waals surface area contributed by atoms with Gasteiger partial charge in [0.2, 0.25) is 0 Å². The predicted octanol–water partition coefficient (Wildman–Crippen LogP) is 2.11. The number of carbonyl (C=O) groups excluding carboxylic acids is 1. The molecule has 1 amide bonds. The lowest BCUT2D eigenvalue weighted by molar-refractivity contribution is 0.0506. The Hall–Kier alpha value is -1.59. The number of carbonyl (C=O) groups is 1. The number of hydrogen-bond donors (Lipinski definition) is 2. The minimum absolute atomic E-state index is 0.0899. The van der Waals surface area contributed by atoms with Gasteiger partial charge in [-0.3, -0.25) is 4.90 Å². The van der Waals surface area contributed by atoms with Crippen LogP contribution in [0.15, 0.2) is 30.3 Å². The van der Waals surface area contributed by atoms with Gasteiger partial charge in [0.15, 0.2) is 0 Å². The van der Waals surface area contributed by atoms with Crippen LogP contribution in [-0.4, -0.2) is 41.8 Å². The van der Waals surface area contributed by atoms with Crippen LogP contribution >= 0.6 is 0 Å². The Bertz CT molecular complexity index is 484. The lowest BCUT2D eigenvalue weighted by Crippen LogP contribution is -2.40. The van der Waals surface area contributed by atoms with Crippen molar-refractivity contribution < 1.29 is 9.53 Å². The van der Waals surface area contributed by atoms with Crippen LogP contribution in [0.3, 0.4) is 0 Å². The zero-order chi connectivity index (χ0) is 16.2. The van der Waals surface area contributed by atoms with E-state index in [1.54, 1.807) is 0 Å². The highest BCUT2D eigenvalue weighted by Crippen LogP contribution is 2.20. The first-order chi connectivity index (χ1) is 10.4. The molecule has 5 heteroatoms. The van der Waals surface area contributed by atoms with Crippen LogP contribution < -0.4 is 11.1 Å². The number of hydrogen-bond acceptors (Lipinski definition) is 4. The molecule has 1 aromatic rings. The molecular formula is C17H27N3O2. The summed E-state index contributed by atoms with van der Waals surface area (Å²) in [4.78, 5) is 14.2. The summed E-state index contributed by atoms with van der Waals surface area (Å²) in [6, 6.07) is 10.7. The number of ether oxygens (including phenoxy) is 1. The Labute approximate surface area is 132 Å². The van der Waals surface area contributed by atoms with Gasteiger partial charge in [-0.05, 0) is 32.8 Å². The molecule has 0 radical (unpaired) electrons. The summed E-state index contributed by atoms with van der Waals surface area (Å²) in [6.07, 6.45) is 0.512. The average molecular weight is 305 g/mol. The maximum atomic E-state index is 11.9. The van der Waals surface area contributed by atoms with Crippen LogP contribution in [0, 0.1) is 0 Å². The van der Waals surface area contributed by atoms with Gasteiger partial charge in [-0.1, -0.05) is 30.3 Å². The van der Waals surface area contributed by atoms with Gasteiger partial charge in [0.1, 0.15) is 5.60 Å². The first kappa shape index (κ1) is 16.8. The standard InChI is InChI=1S/C17H27N3O2/c1-17(2,3)22-16(21)19-14-9-15(10-18)20(12-14)11-13-7-5-4-6-8-13/h4-8,14-15H,9-12,18H2,1-3H3,(H,19,21). The van der Waals surface area contributed by atoms with Gasteiger partial charge in [-0.15, -0.1) is 0 Å². The quantitative estimate of drug-likeness (QED) is 0.894. The second-order valence-electron chi connectivity index (χ2n) is 6.88. The topological polar surface area (TPSA) is 67.6 Å². The van der Waals surface area contributed by atoms with E-state index in [9.17, 15) is 4.79 Å². The van der Waals surface area contributed by atoms with Gasteiger partial charge < -0.3 is 15.8 Å². The number of nitrogens with two attached hydrogens (primary N) is 1. The molecule has 0 bridgehead atoms. The molecule has 1 fully saturated rings. The van der Waals surface area contributed by atoms with Crippen LogP contribution in [0.4, 0.5) is 4.79 Å². The normalized spacial score (nSPS) is 22.5. The maximum absolute atomic E-state index is 11.9. The third-order valence-electron chi connectivity index (χ3n) is 3.75. The SMILES string of the molecule is CC(C)(C)OC(=O)NC1CC(CN)N(Cc2ccccc2)C1. The average Bonchev–Trinajstić information content (AvgIpc) is 2.79. The van der Waals surface area contributed by atoms with Gasteiger partial charge >= 0.3 is 6.09 Å². The van der Waals surface area contributed by atoms with E-state index in [1.165, 1.54) is 5.56 Å². The zero-order valence-electron chi connectivity index (χ0n) is 13.7. The molecule has 3 N–H and O–H groups in total. The summed E-state index contributed by atoms with van der Waals surface area (Å²) < 4.78 is 5.32. The van der Waals surface area contributed by atoms with Gasteiger partial charge in [0.05, 0.1) is 0 Å². The number of nitrogens with zero attached hydrogens (tertiary/aromatic N) is 1. The Morgan fingerprint density at radius 3 is 2.64 bits per heavy atom. The molecule has 2 atom stereocenters. The third kappa shape index (κ3) is 5.00. The minimum Gasteiger partial charge on any atom is -0.444 e. The van der Waals surface area contributed by atoms with Crippen LogP contribution in [0.1, 0.15) is 32.8 Å². The monoisotopic (exact) mass is 305 g/mol. The molecule has 0 spiro atoms. The summed E-state index contributed by atoms with van der Waals surface area (Å²) in [5, 5.41) is 2.96. The highest BCUT2D eigenvalue weighted by Gasteiger charge is 2.32. The van der Waals surface area contributed by atoms with Crippen molar-refractivity contribution in [3.63, 3.8) is 0 Å². The van der Waals surface area contributed by atoms with E-state index in [4.69, 9.17) is 10.5 Å². The fourth-order valence-electron chi connectivity index (χ4n) is 2.82.